The minimum absolute atomic E-state index is 0.163. The summed E-state index contributed by atoms with van der Waals surface area (Å²) in [5, 5.41) is 6.65. The molecule has 1 fully saturated rings. The van der Waals surface area contributed by atoms with Gasteiger partial charge in [0.05, 0.1) is 6.54 Å². The fourth-order valence-corrected chi connectivity index (χ4v) is 3.06. The van der Waals surface area contributed by atoms with Gasteiger partial charge in [0.2, 0.25) is 5.91 Å². The zero-order valence-corrected chi connectivity index (χ0v) is 14.6. The van der Waals surface area contributed by atoms with Gasteiger partial charge in [-0.15, -0.1) is 0 Å². The minimum Gasteiger partial charge on any atom is -0.355 e. The van der Waals surface area contributed by atoms with E-state index in [1.165, 1.54) is 5.56 Å². The summed E-state index contributed by atoms with van der Waals surface area (Å²) < 4.78 is 0. The number of hydrogen-bond donors (Lipinski definition) is 2. The van der Waals surface area contributed by atoms with Crippen LogP contribution in [0.25, 0.3) is 0 Å². The van der Waals surface area contributed by atoms with Crippen molar-refractivity contribution in [2.45, 2.75) is 45.1 Å². The molecule has 1 aliphatic rings. The standard InChI is InChI=1S/C19H31N3O/c1-3-11-20-19(23)15-22-12-9-18(10-13-22)21-14-16(2)17-7-5-4-6-8-17/h4-8,16,18,21H,3,9-15H2,1-2H3,(H,20,23). The molecule has 0 aliphatic carbocycles. The molecule has 0 bridgehead atoms. The first-order chi connectivity index (χ1) is 11.2. The van der Waals surface area contributed by atoms with Crippen molar-refractivity contribution >= 4 is 5.91 Å². The Hall–Kier alpha value is -1.39. The maximum absolute atomic E-state index is 11.8. The number of hydrogen-bond acceptors (Lipinski definition) is 3. The Morgan fingerprint density at radius 2 is 1.96 bits per heavy atom. The summed E-state index contributed by atoms with van der Waals surface area (Å²) in [6.45, 7) is 8.73. The number of rotatable bonds is 8. The number of likely N-dealkylation sites (tertiary alicyclic amines) is 1. The molecule has 2 rings (SSSR count). The smallest absolute Gasteiger partial charge is 0.234 e. The van der Waals surface area contributed by atoms with Gasteiger partial charge in [-0.25, -0.2) is 0 Å². The second kappa shape index (κ2) is 9.68. The highest BCUT2D eigenvalue weighted by molar-refractivity contribution is 5.77. The van der Waals surface area contributed by atoms with E-state index in [1.54, 1.807) is 0 Å². The highest BCUT2D eigenvalue weighted by Gasteiger charge is 2.20. The molecule has 4 heteroatoms. The molecule has 1 amide bonds. The molecule has 1 atom stereocenters. The maximum Gasteiger partial charge on any atom is 0.234 e. The van der Waals surface area contributed by atoms with E-state index in [2.05, 4.69) is 59.7 Å². The van der Waals surface area contributed by atoms with E-state index < -0.39 is 0 Å². The van der Waals surface area contributed by atoms with E-state index in [1.807, 2.05) is 0 Å². The van der Waals surface area contributed by atoms with Gasteiger partial charge in [-0.1, -0.05) is 44.2 Å². The molecule has 128 valence electrons. The van der Waals surface area contributed by atoms with Gasteiger partial charge in [0, 0.05) is 32.2 Å². The molecule has 1 aliphatic heterocycles. The summed E-state index contributed by atoms with van der Waals surface area (Å²) in [5.41, 5.74) is 1.39. The maximum atomic E-state index is 11.8. The fraction of sp³-hybridized carbons (Fsp3) is 0.632. The Morgan fingerprint density at radius 3 is 2.61 bits per heavy atom. The average molecular weight is 317 g/mol. The van der Waals surface area contributed by atoms with Gasteiger partial charge >= 0.3 is 0 Å². The van der Waals surface area contributed by atoms with Crippen LogP contribution in [0.5, 0.6) is 0 Å². The molecule has 1 heterocycles. The zero-order chi connectivity index (χ0) is 16.5. The third kappa shape index (κ3) is 6.32. The quantitative estimate of drug-likeness (QED) is 0.774. The van der Waals surface area contributed by atoms with Gasteiger partial charge < -0.3 is 10.6 Å². The molecule has 1 aromatic rings. The average Bonchev–Trinajstić information content (AvgIpc) is 2.60. The predicted octanol–water partition coefficient (Wildman–Crippen LogP) is 2.37. The highest BCUT2D eigenvalue weighted by atomic mass is 16.2. The summed E-state index contributed by atoms with van der Waals surface area (Å²) in [6, 6.07) is 11.3. The van der Waals surface area contributed by atoms with Gasteiger partial charge in [0.25, 0.3) is 0 Å². The number of piperidine rings is 1. The van der Waals surface area contributed by atoms with Gasteiger partial charge in [-0.2, -0.15) is 0 Å². The first-order valence-electron chi connectivity index (χ1n) is 8.96. The molecule has 4 nitrogen and oxygen atoms in total. The van der Waals surface area contributed by atoms with Crippen molar-refractivity contribution < 1.29 is 4.79 Å². The van der Waals surface area contributed by atoms with Gasteiger partial charge in [-0.05, 0) is 30.7 Å². The molecule has 0 spiro atoms. The van der Waals surface area contributed by atoms with Crippen molar-refractivity contribution in [1.82, 2.24) is 15.5 Å². The van der Waals surface area contributed by atoms with Crippen molar-refractivity contribution in [3.63, 3.8) is 0 Å². The molecule has 0 aromatic heterocycles. The van der Waals surface area contributed by atoms with Crippen LogP contribution in [0.3, 0.4) is 0 Å². The van der Waals surface area contributed by atoms with E-state index in [0.717, 1.165) is 45.4 Å². The summed E-state index contributed by atoms with van der Waals surface area (Å²) in [7, 11) is 0. The van der Waals surface area contributed by atoms with Crippen LogP contribution in [0.2, 0.25) is 0 Å². The van der Waals surface area contributed by atoms with Crippen LogP contribution in [0.1, 0.15) is 44.6 Å². The SMILES string of the molecule is CCCNC(=O)CN1CCC(NCC(C)c2ccccc2)CC1. The lowest BCUT2D eigenvalue weighted by molar-refractivity contribution is -0.122. The van der Waals surface area contributed by atoms with Crippen molar-refractivity contribution in [3.05, 3.63) is 35.9 Å². The van der Waals surface area contributed by atoms with Crippen molar-refractivity contribution in [2.75, 3.05) is 32.7 Å². The third-order valence-electron chi connectivity index (χ3n) is 4.61. The van der Waals surface area contributed by atoms with E-state index in [-0.39, 0.29) is 5.91 Å². The first kappa shape index (κ1) is 18.0. The molecule has 0 saturated carbocycles. The minimum atomic E-state index is 0.163. The van der Waals surface area contributed by atoms with Crippen molar-refractivity contribution in [1.29, 1.82) is 0 Å². The molecule has 1 saturated heterocycles. The lowest BCUT2D eigenvalue weighted by Gasteiger charge is -2.32. The lowest BCUT2D eigenvalue weighted by atomic mass is 9.99. The van der Waals surface area contributed by atoms with Crippen LogP contribution in [0, 0.1) is 0 Å². The van der Waals surface area contributed by atoms with Crippen LogP contribution in [-0.2, 0) is 4.79 Å². The Labute approximate surface area is 140 Å². The van der Waals surface area contributed by atoms with Gasteiger partial charge in [0.1, 0.15) is 0 Å². The second-order valence-electron chi connectivity index (χ2n) is 6.62. The third-order valence-corrected chi connectivity index (χ3v) is 4.61. The molecule has 2 N–H and O–H groups in total. The zero-order valence-electron chi connectivity index (χ0n) is 14.6. The summed E-state index contributed by atoms with van der Waals surface area (Å²) >= 11 is 0. The first-order valence-corrected chi connectivity index (χ1v) is 8.96. The van der Waals surface area contributed by atoms with Crippen molar-refractivity contribution in [3.8, 4) is 0 Å². The summed E-state index contributed by atoms with van der Waals surface area (Å²) in [4.78, 5) is 14.0. The highest BCUT2D eigenvalue weighted by Crippen LogP contribution is 2.15. The van der Waals surface area contributed by atoms with Gasteiger partial charge in [-0.3, -0.25) is 9.69 Å². The van der Waals surface area contributed by atoms with E-state index in [9.17, 15) is 4.79 Å². The number of benzene rings is 1. The fourth-order valence-electron chi connectivity index (χ4n) is 3.06. The van der Waals surface area contributed by atoms with Crippen molar-refractivity contribution in [2.24, 2.45) is 0 Å². The number of nitrogens with zero attached hydrogens (tertiary/aromatic N) is 1. The van der Waals surface area contributed by atoms with Crippen LogP contribution in [0.15, 0.2) is 30.3 Å². The number of carbonyl (C=O) groups is 1. The van der Waals surface area contributed by atoms with Crippen LogP contribution in [-0.4, -0.2) is 49.6 Å². The van der Waals surface area contributed by atoms with E-state index >= 15 is 0 Å². The summed E-state index contributed by atoms with van der Waals surface area (Å²) in [5.74, 6) is 0.699. The Balaban J connectivity index is 1.64. The lowest BCUT2D eigenvalue weighted by Crippen LogP contribution is -2.46. The molecular formula is C19H31N3O. The normalized spacial score (nSPS) is 17.8. The molecule has 1 unspecified atom stereocenters. The molecule has 1 aromatic carbocycles. The van der Waals surface area contributed by atoms with Gasteiger partial charge in [0.15, 0.2) is 0 Å². The number of nitrogens with one attached hydrogen (secondary N) is 2. The molecular weight excluding hydrogens is 286 g/mol. The van der Waals surface area contributed by atoms with E-state index in [0.29, 0.717) is 18.5 Å². The van der Waals surface area contributed by atoms with Crippen LogP contribution in [0.4, 0.5) is 0 Å². The van der Waals surface area contributed by atoms with E-state index in [4.69, 9.17) is 0 Å². The Kier molecular flexibility index (Phi) is 7.56. The topological polar surface area (TPSA) is 44.4 Å². The number of carbonyl (C=O) groups excluding carboxylic acids is 1. The Morgan fingerprint density at radius 1 is 1.26 bits per heavy atom. The monoisotopic (exact) mass is 317 g/mol. The number of amides is 1. The molecule has 0 radical (unpaired) electrons. The van der Waals surface area contributed by atoms with Crippen LogP contribution < -0.4 is 10.6 Å². The van der Waals surface area contributed by atoms with Crippen LogP contribution >= 0.6 is 0 Å². The second-order valence-corrected chi connectivity index (χ2v) is 6.62. The Bertz CT molecular complexity index is 455. The predicted molar refractivity (Wildman–Crippen MR) is 95.6 cm³/mol. The largest absolute Gasteiger partial charge is 0.355 e. The molecule has 23 heavy (non-hydrogen) atoms. The summed E-state index contributed by atoms with van der Waals surface area (Å²) in [6.07, 6.45) is 3.25.